The Morgan fingerprint density at radius 2 is 1.74 bits per heavy atom. The first-order valence-corrected chi connectivity index (χ1v) is 14.3. The third-order valence-electron chi connectivity index (χ3n) is 5.34. The minimum Gasteiger partial charge on any atom is -0.497 e. The molecule has 0 aliphatic heterocycles. The van der Waals surface area contributed by atoms with Gasteiger partial charge in [0.2, 0.25) is 0 Å². The van der Waals surface area contributed by atoms with Crippen molar-refractivity contribution in [2.75, 3.05) is 27.4 Å². The molecule has 0 unspecified atom stereocenters. The predicted octanol–water partition coefficient (Wildman–Crippen LogP) is 5.68. The largest absolute Gasteiger partial charge is 0.497 e. The molecular formula is C25H32O5Si. The Morgan fingerprint density at radius 1 is 0.968 bits per heavy atom. The van der Waals surface area contributed by atoms with Crippen molar-refractivity contribution in [2.24, 2.45) is 0 Å². The fraction of sp³-hybridized carbons (Fsp3) is 0.400. The number of hydrogen-bond acceptors (Lipinski definition) is 5. The van der Waals surface area contributed by atoms with Crippen molar-refractivity contribution in [3.05, 3.63) is 57.9 Å². The average Bonchev–Trinajstić information content (AvgIpc) is 2.72. The first-order valence-electron chi connectivity index (χ1n) is 10.6. The van der Waals surface area contributed by atoms with E-state index in [1.54, 1.807) is 20.3 Å². The van der Waals surface area contributed by atoms with E-state index in [0.29, 0.717) is 41.2 Å². The fourth-order valence-corrected chi connectivity index (χ4v) is 4.33. The van der Waals surface area contributed by atoms with Gasteiger partial charge in [0, 0.05) is 31.7 Å². The average molecular weight is 441 g/mol. The predicted molar refractivity (Wildman–Crippen MR) is 128 cm³/mol. The highest BCUT2D eigenvalue weighted by Gasteiger charge is 2.20. The summed E-state index contributed by atoms with van der Waals surface area (Å²) < 4.78 is 22.6. The summed E-state index contributed by atoms with van der Waals surface area (Å²) in [6, 6.07) is 12.4. The van der Waals surface area contributed by atoms with Gasteiger partial charge in [-0.2, -0.15) is 0 Å². The van der Waals surface area contributed by atoms with Crippen molar-refractivity contribution < 1.29 is 18.6 Å². The number of aryl methyl sites for hydroxylation is 1. The van der Waals surface area contributed by atoms with Gasteiger partial charge < -0.3 is 18.6 Å². The van der Waals surface area contributed by atoms with Gasteiger partial charge in [-0.3, -0.25) is 0 Å². The van der Waals surface area contributed by atoms with Crippen LogP contribution in [0.1, 0.15) is 11.1 Å². The van der Waals surface area contributed by atoms with Crippen molar-refractivity contribution in [1.29, 1.82) is 0 Å². The maximum absolute atomic E-state index is 13.1. The van der Waals surface area contributed by atoms with Gasteiger partial charge in [0.1, 0.15) is 17.1 Å². The zero-order valence-corrected chi connectivity index (χ0v) is 20.3. The van der Waals surface area contributed by atoms with E-state index in [0.717, 1.165) is 29.2 Å². The van der Waals surface area contributed by atoms with Gasteiger partial charge in [-0.15, -0.1) is 0 Å². The van der Waals surface area contributed by atoms with E-state index in [4.69, 9.17) is 18.6 Å². The van der Waals surface area contributed by atoms with Crippen LogP contribution in [0.2, 0.25) is 25.7 Å². The monoisotopic (exact) mass is 440 g/mol. The zero-order valence-electron chi connectivity index (χ0n) is 19.3. The molecule has 1 aromatic heterocycles. The number of benzene rings is 2. The quantitative estimate of drug-likeness (QED) is 0.243. The highest BCUT2D eigenvalue weighted by Crippen LogP contribution is 2.36. The summed E-state index contributed by atoms with van der Waals surface area (Å²) in [4.78, 5) is 13.1. The SMILES string of the molecule is COc1ccc(-c2c(CCOCC[Si](C)(C)C)c3cc(C)ccc3oc2=O)c(OC)c1. The smallest absolute Gasteiger partial charge is 0.344 e. The molecule has 3 rings (SSSR count). The minimum atomic E-state index is -1.15. The van der Waals surface area contributed by atoms with Gasteiger partial charge in [-0.25, -0.2) is 4.79 Å². The molecule has 0 amide bonds. The maximum atomic E-state index is 13.1. The molecule has 3 aromatic rings. The second-order valence-corrected chi connectivity index (χ2v) is 14.6. The Labute approximate surface area is 185 Å². The van der Waals surface area contributed by atoms with E-state index in [2.05, 4.69) is 25.7 Å². The van der Waals surface area contributed by atoms with Gasteiger partial charge in [0.15, 0.2) is 0 Å². The highest BCUT2D eigenvalue weighted by atomic mass is 28.3. The molecule has 6 heteroatoms. The fourth-order valence-electron chi connectivity index (χ4n) is 3.57. The van der Waals surface area contributed by atoms with E-state index in [1.165, 1.54) is 0 Å². The Balaban J connectivity index is 2.07. The van der Waals surface area contributed by atoms with Gasteiger partial charge >= 0.3 is 5.63 Å². The summed E-state index contributed by atoms with van der Waals surface area (Å²) in [5.74, 6) is 1.23. The van der Waals surface area contributed by atoms with E-state index < -0.39 is 8.07 Å². The summed E-state index contributed by atoms with van der Waals surface area (Å²) in [6.45, 7) is 10.3. The van der Waals surface area contributed by atoms with Crippen LogP contribution in [0.3, 0.4) is 0 Å². The molecule has 5 nitrogen and oxygen atoms in total. The molecule has 0 aliphatic rings. The molecule has 0 N–H and O–H groups in total. The first-order chi connectivity index (χ1) is 14.7. The second-order valence-electron chi connectivity index (χ2n) is 8.98. The molecule has 2 aromatic carbocycles. The van der Waals surface area contributed by atoms with E-state index in [9.17, 15) is 4.79 Å². The summed E-state index contributed by atoms with van der Waals surface area (Å²) in [5.41, 5.74) is 3.45. The number of ether oxygens (including phenoxy) is 3. The molecule has 1 heterocycles. The Morgan fingerprint density at radius 3 is 2.42 bits per heavy atom. The minimum absolute atomic E-state index is 0.378. The molecule has 0 atom stereocenters. The standard InChI is InChI=1S/C25H32O5Si/c1-17-7-10-22-21(15-17)19(11-12-29-13-14-31(4,5)6)24(25(26)30-22)20-9-8-18(27-2)16-23(20)28-3/h7-10,15-16H,11-14H2,1-6H3. The van der Waals surface area contributed by atoms with Crippen LogP contribution >= 0.6 is 0 Å². The summed E-state index contributed by atoms with van der Waals surface area (Å²) in [7, 11) is 2.04. The van der Waals surface area contributed by atoms with Crippen molar-refractivity contribution in [3.8, 4) is 22.6 Å². The maximum Gasteiger partial charge on any atom is 0.344 e. The third kappa shape index (κ3) is 5.57. The van der Waals surface area contributed by atoms with Crippen LogP contribution in [0.5, 0.6) is 11.5 Å². The molecule has 0 aliphatic carbocycles. The number of methoxy groups -OCH3 is 2. The lowest BCUT2D eigenvalue weighted by atomic mass is 9.95. The van der Waals surface area contributed by atoms with Crippen LogP contribution in [0.15, 0.2) is 45.6 Å². The third-order valence-corrected chi connectivity index (χ3v) is 7.04. The van der Waals surface area contributed by atoms with Crippen LogP contribution in [-0.2, 0) is 11.2 Å². The first kappa shape index (κ1) is 23.1. The summed E-state index contributed by atoms with van der Waals surface area (Å²) in [5, 5.41) is 0.932. The number of rotatable bonds is 9. The molecule has 0 fully saturated rings. The van der Waals surface area contributed by atoms with E-state index in [-0.39, 0.29) is 5.63 Å². The summed E-state index contributed by atoms with van der Waals surface area (Å²) >= 11 is 0. The lowest BCUT2D eigenvalue weighted by molar-refractivity contribution is 0.150. The van der Waals surface area contributed by atoms with E-state index >= 15 is 0 Å². The lowest BCUT2D eigenvalue weighted by Gasteiger charge is -2.17. The lowest BCUT2D eigenvalue weighted by Crippen LogP contribution is -2.22. The Bertz CT molecular complexity index is 1110. The van der Waals surface area contributed by atoms with Crippen LogP contribution in [-0.4, -0.2) is 35.5 Å². The molecule has 31 heavy (non-hydrogen) atoms. The van der Waals surface area contributed by atoms with Crippen LogP contribution in [0.25, 0.3) is 22.1 Å². The number of hydrogen-bond donors (Lipinski definition) is 0. The topological polar surface area (TPSA) is 57.9 Å². The van der Waals surface area contributed by atoms with Crippen LogP contribution in [0.4, 0.5) is 0 Å². The van der Waals surface area contributed by atoms with Gasteiger partial charge in [-0.1, -0.05) is 31.3 Å². The molecule has 0 bridgehead atoms. The van der Waals surface area contributed by atoms with E-state index in [1.807, 2.05) is 31.2 Å². The van der Waals surface area contributed by atoms with Gasteiger partial charge in [0.25, 0.3) is 0 Å². The van der Waals surface area contributed by atoms with Crippen molar-refractivity contribution >= 4 is 19.0 Å². The normalized spacial score (nSPS) is 11.7. The zero-order chi connectivity index (χ0) is 22.6. The highest BCUT2D eigenvalue weighted by molar-refractivity contribution is 6.76. The molecule has 0 saturated heterocycles. The molecule has 0 saturated carbocycles. The molecule has 0 radical (unpaired) electrons. The van der Waals surface area contributed by atoms with Crippen LogP contribution < -0.4 is 15.1 Å². The summed E-state index contributed by atoms with van der Waals surface area (Å²) in [6.07, 6.45) is 0.613. The molecular weight excluding hydrogens is 408 g/mol. The Kier molecular flexibility index (Phi) is 7.23. The Hall–Kier alpha value is -2.57. The van der Waals surface area contributed by atoms with Crippen molar-refractivity contribution in [1.82, 2.24) is 0 Å². The second kappa shape index (κ2) is 9.70. The van der Waals surface area contributed by atoms with Gasteiger partial charge in [-0.05, 0) is 49.2 Å². The van der Waals surface area contributed by atoms with Gasteiger partial charge in [0.05, 0.1) is 26.4 Å². The van der Waals surface area contributed by atoms with Crippen molar-refractivity contribution in [3.63, 3.8) is 0 Å². The number of fused-ring (bicyclic) bond motifs is 1. The van der Waals surface area contributed by atoms with Crippen LogP contribution in [0, 0.1) is 6.92 Å². The molecule has 0 spiro atoms. The van der Waals surface area contributed by atoms with Crippen molar-refractivity contribution in [2.45, 2.75) is 39.0 Å². The molecule has 166 valence electrons.